The molecule has 210 valence electrons. The van der Waals surface area contributed by atoms with Crippen LogP contribution in [0.5, 0.6) is 5.75 Å². The van der Waals surface area contributed by atoms with Gasteiger partial charge in [0.1, 0.15) is 18.2 Å². The Morgan fingerprint density at radius 3 is 2.39 bits per heavy atom. The van der Waals surface area contributed by atoms with Crippen LogP contribution in [0.25, 0.3) is 0 Å². The number of rotatable bonds is 6. The van der Waals surface area contributed by atoms with E-state index in [1.165, 1.54) is 5.56 Å². The fourth-order valence-electron chi connectivity index (χ4n) is 6.10. The zero-order valence-corrected chi connectivity index (χ0v) is 25.9. The molecule has 0 saturated carbocycles. The summed E-state index contributed by atoms with van der Waals surface area (Å²) in [6.07, 6.45) is 2.04. The lowest BCUT2D eigenvalue weighted by molar-refractivity contribution is -0.118. The molecule has 1 heterocycles. The van der Waals surface area contributed by atoms with Crippen LogP contribution in [-0.4, -0.2) is 5.78 Å². The third kappa shape index (κ3) is 5.56. The van der Waals surface area contributed by atoms with Crippen LogP contribution in [0.2, 0.25) is 0 Å². The molecule has 0 radical (unpaired) electrons. The summed E-state index contributed by atoms with van der Waals surface area (Å²) in [4.78, 5) is 16.0. The molecule has 3 aromatic carbocycles. The molecular weight excluding hydrogens is 574 g/mol. The average Bonchev–Trinajstić information content (AvgIpc) is 2.93. The van der Waals surface area contributed by atoms with E-state index in [0.717, 1.165) is 50.3 Å². The predicted octanol–water partition coefficient (Wildman–Crippen LogP) is 8.15. The number of ether oxygens (including phenoxy) is 1. The van der Waals surface area contributed by atoms with E-state index in [1.54, 1.807) is 0 Å². The highest BCUT2D eigenvalue weighted by atomic mass is 79.9. The molecule has 1 atom stereocenters. The Bertz CT molecular complexity index is 1610. The summed E-state index contributed by atoms with van der Waals surface area (Å²) in [6.45, 7) is 10.8. The van der Waals surface area contributed by atoms with Crippen molar-refractivity contribution in [3.8, 4) is 11.8 Å². The maximum atomic E-state index is 14.0. The lowest BCUT2D eigenvalue weighted by Crippen LogP contribution is -2.42. The van der Waals surface area contributed by atoms with Crippen molar-refractivity contribution in [3.63, 3.8) is 0 Å². The van der Waals surface area contributed by atoms with E-state index < -0.39 is 5.92 Å². The summed E-state index contributed by atoms with van der Waals surface area (Å²) >= 11 is 3.47. The number of carbonyl (C=O) groups is 1. The van der Waals surface area contributed by atoms with E-state index >= 15 is 0 Å². The number of nitriles is 1. The minimum atomic E-state index is -0.531. The van der Waals surface area contributed by atoms with Crippen molar-refractivity contribution >= 4 is 27.4 Å². The average molecular weight is 611 g/mol. The van der Waals surface area contributed by atoms with E-state index in [1.807, 2.05) is 55.1 Å². The summed E-state index contributed by atoms with van der Waals surface area (Å²) < 4.78 is 7.13. The lowest BCUT2D eigenvalue weighted by atomic mass is 9.68. The molecule has 2 aliphatic rings. The molecule has 5 rings (SSSR count). The molecule has 1 aliphatic carbocycles. The number of hydrogen-bond acceptors (Lipinski definition) is 5. The van der Waals surface area contributed by atoms with Gasteiger partial charge >= 0.3 is 0 Å². The third-order valence-electron chi connectivity index (χ3n) is 8.20. The highest BCUT2D eigenvalue weighted by Gasteiger charge is 2.45. The molecule has 0 bridgehead atoms. The van der Waals surface area contributed by atoms with Crippen molar-refractivity contribution in [2.24, 2.45) is 11.1 Å². The van der Waals surface area contributed by atoms with Gasteiger partial charge in [-0.25, -0.2) is 0 Å². The van der Waals surface area contributed by atoms with Crippen LogP contribution in [0.4, 0.5) is 5.69 Å². The van der Waals surface area contributed by atoms with Gasteiger partial charge in [-0.3, -0.25) is 9.69 Å². The van der Waals surface area contributed by atoms with Crippen LogP contribution in [0.3, 0.4) is 0 Å². The molecule has 0 amide bonds. The number of halogens is 1. The lowest BCUT2D eigenvalue weighted by Gasteiger charge is -2.44. The second-order valence-corrected chi connectivity index (χ2v) is 12.8. The molecule has 41 heavy (non-hydrogen) atoms. The molecule has 1 unspecified atom stereocenters. The summed E-state index contributed by atoms with van der Waals surface area (Å²) in [6, 6.07) is 22.6. The number of nitrogens with two attached hydrogens (primary N) is 1. The van der Waals surface area contributed by atoms with E-state index in [4.69, 9.17) is 10.5 Å². The molecule has 6 heteroatoms. The number of anilines is 1. The Balaban J connectivity index is 1.65. The molecule has 2 N–H and O–H groups in total. The van der Waals surface area contributed by atoms with Gasteiger partial charge in [-0.05, 0) is 90.8 Å². The maximum absolute atomic E-state index is 14.0. The van der Waals surface area contributed by atoms with Crippen molar-refractivity contribution in [2.45, 2.75) is 66.4 Å². The molecule has 0 fully saturated rings. The van der Waals surface area contributed by atoms with Gasteiger partial charge in [0, 0.05) is 27.9 Å². The molecule has 1 aliphatic heterocycles. The van der Waals surface area contributed by atoms with Gasteiger partial charge in [-0.2, -0.15) is 5.26 Å². The van der Waals surface area contributed by atoms with E-state index in [9.17, 15) is 10.1 Å². The first kappa shape index (κ1) is 28.7. The normalized spacial score (nSPS) is 18.3. The van der Waals surface area contributed by atoms with Crippen LogP contribution in [-0.2, 0) is 17.8 Å². The first-order chi connectivity index (χ1) is 19.5. The fraction of sp³-hybridized carbons (Fsp3) is 0.314. The number of nitrogens with zero attached hydrogens (tertiary/aromatic N) is 2. The second kappa shape index (κ2) is 11.2. The van der Waals surface area contributed by atoms with Crippen LogP contribution in [0.1, 0.15) is 67.3 Å². The first-order valence-corrected chi connectivity index (χ1v) is 14.9. The third-order valence-corrected chi connectivity index (χ3v) is 8.73. The van der Waals surface area contributed by atoms with Gasteiger partial charge in [0.25, 0.3) is 0 Å². The number of hydrogen-bond donors (Lipinski definition) is 1. The minimum Gasteiger partial charge on any atom is -0.489 e. The second-order valence-electron chi connectivity index (χ2n) is 11.9. The largest absolute Gasteiger partial charge is 0.489 e. The van der Waals surface area contributed by atoms with Gasteiger partial charge in [0.2, 0.25) is 0 Å². The van der Waals surface area contributed by atoms with Crippen molar-refractivity contribution in [3.05, 3.63) is 116 Å². The van der Waals surface area contributed by atoms with Crippen LogP contribution >= 0.6 is 15.9 Å². The van der Waals surface area contributed by atoms with Crippen LogP contribution in [0.15, 0.2) is 87.8 Å². The van der Waals surface area contributed by atoms with Gasteiger partial charge < -0.3 is 10.5 Å². The molecular formula is C35H36BrN3O2. The Kier molecular flexibility index (Phi) is 7.85. The number of ketones is 1. The van der Waals surface area contributed by atoms with E-state index in [-0.39, 0.29) is 11.2 Å². The van der Waals surface area contributed by atoms with Gasteiger partial charge in [-0.1, -0.05) is 66.5 Å². The smallest absolute Gasteiger partial charge is 0.162 e. The Hall–Kier alpha value is -3.82. The standard InChI is InChI=1S/C35H36BrN3O2/c1-6-23-7-11-26(12-8-23)39-30-17-35(4,5)18-31(40)33(30)32(29(19-37)34(39)38)28-16-21(2)15-24(22(28)3)20-41-27-13-9-25(36)10-14-27/h7-16,32H,6,17-18,20,38H2,1-5H3. The molecule has 3 aromatic rings. The number of aryl methyl sites for hydroxylation is 2. The summed E-state index contributed by atoms with van der Waals surface area (Å²) in [7, 11) is 0. The minimum absolute atomic E-state index is 0.0743. The molecule has 0 spiro atoms. The van der Waals surface area contributed by atoms with E-state index in [0.29, 0.717) is 36.4 Å². The maximum Gasteiger partial charge on any atom is 0.162 e. The van der Waals surface area contributed by atoms with Crippen molar-refractivity contribution < 1.29 is 9.53 Å². The molecule has 0 saturated heterocycles. The Morgan fingerprint density at radius 2 is 1.76 bits per heavy atom. The van der Waals surface area contributed by atoms with E-state index in [2.05, 4.69) is 67.0 Å². The monoisotopic (exact) mass is 609 g/mol. The fourth-order valence-corrected chi connectivity index (χ4v) is 6.37. The Labute approximate surface area is 251 Å². The topological polar surface area (TPSA) is 79.3 Å². The SMILES string of the molecule is CCc1ccc(N2C(N)=C(C#N)C(c3cc(C)cc(COc4ccc(Br)cc4)c3C)C3=C2CC(C)(C)CC3=O)cc1. The van der Waals surface area contributed by atoms with Crippen molar-refractivity contribution in [1.82, 2.24) is 0 Å². The van der Waals surface area contributed by atoms with Gasteiger partial charge in [0.05, 0.1) is 17.6 Å². The summed E-state index contributed by atoms with van der Waals surface area (Å²) in [5.41, 5.74) is 14.7. The van der Waals surface area contributed by atoms with Gasteiger partial charge in [-0.15, -0.1) is 0 Å². The van der Waals surface area contributed by atoms with Crippen LogP contribution < -0.4 is 15.4 Å². The highest BCUT2D eigenvalue weighted by molar-refractivity contribution is 9.10. The predicted molar refractivity (Wildman–Crippen MR) is 167 cm³/mol. The zero-order valence-electron chi connectivity index (χ0n) is 24.3. The van der Waals surface area contributed by atoms with Gasteiger partial charge in [0.15, 0.2) is 5.78 Å². The quantitative estimate of drug-likeness (QED) is 0.305. The molecule has 5 nitrogen and oxygen atoms in total. The van der Waals surface area contributed by atoms with Crippen molar-refractivity contribution in [2.75, 3.05) is 4.90 Å². The summed E-state index contributed by atoms with van der Waals surface area (Å²) in [5.74, 6) is 0.704. The highest BCUT2D eigenvalue weighted by Crippen LogP contribution is 2.51. The number of benzene rings is 3. The van der Waals surface area contributed by atoms with Crippen molar-refractivity contribution in [1.29, 1.82) is 5.26 Å². The number of Topliss-reactive ketones (excluding diaryl/α,β-unsaturated/α-hetero) is 1. The zero-order chi connectivity index (χ0) is 29.5. The number of carbonyl (C=O) groups excluding carboxylic acids is 1. The first-order valence-electron chi connectivity index (χ1n) is 14.1. The molecule has 0 aromatic heterocycles. The summed E-state index contributed by atoms with van der Waals surface area (Å²) in [5, 5.41) is 10.5. The number of allylic oxidation sites excluding steroid dienone is 3. The Morgan fingerprint density at radius 1 is 1.07 bits per heavy atom. The van der Waals surface area contributed by atoms with Crippen LogP contribution in [0, 0.1) is 30.6 Å².